The van der Waals surface area contributed by atoms with Gasteiger partial charge in [-0.3, -0.25) is 9.59 Å². The van der Waals surface area contributed by atoms with Crippen LogP contribution in [-0.2, 0) is 20.9 Å². The van der Waals surface area contributed by atoms with Gasteiger partial charge in [0.05, 0.1) is 18.7 Å². The molecule has 0 saturated heterocycles. The standard InChI is InChI=1S/C21H20FN3O4/c1-2-29-21(28)15-4-3-5-17(12-15)23-20(27)18-10-11-19(26)25(24-18)13-14-6-8-16(22)9-7-14/h3-9,12H,2,10-11,13H2,1H3,(H,23,27). The molecule has 0 bridgehead atoms. The normalized spacial score (nSPS) is 13.7. The molecule has 0 aromatic heterocycles. The summed E-state index contributed by atoms with van der Waals surface area (Å²) in [4.78, 5) is 36.5. The summed E-state index contributed by atoms with van der Waals surface area (Å²) < 4.78 is 18.0. The van der Waals surface area contributed by atoms with E-state index in [9.17, 15) is 18.8 Å². The summed E-state index contributed by atoms with van der Waals surface area (Å²) in [5.74, 6) is -1.51. The Morgan fingerprint density at radius 2 is 1.93 bits per heavy atom. The highest BCUT2D eigenvalue weighted by Crippen LogP contribution is 2.16. The quantitative estimate of drug-likeness (QED) is 0.759. The van der Waals surface area contributed by atoms with Crippen LogP contribution in [-0.4, -0.2) is 35.1 Å². The highest BCUT2D eigenvalue weighted by atomic mass is 19.1. The first-order valence-electron chi connectivity index (χ1n) is 9.17. The fourth-order valence-electron chi connectivity index (χ4n) is 2.79. The van der Waals surface area contributed by atoms with Crippen molar-refractivity contribution < 1.29 is 23.5 Å². The maximum absolute atomic E-state index is 13.0. The fraction of sp³-hybridized carbons (Fsp3) is 0.238. The molecule has 2 amide bonds. The Labute approximate surface area is 167 Å². The molecule has 3 rings (SSSR count). The first-order chi connectivity index (χ1) is 14.0. The molecule has 0 fully saturated rings. The number of hydrogen-bond acceptors (Lipinski definition) is 5. The molecule has 7 nitrogen and oxygen atoms in total. The molecule has 150 valence electrons. The lowest BCUT2D eigenvalue weighted by molar-refractivity contribution is -0.132. The van der Waals surface area contributed by atoms with Crippen molar-refractivity contribution in [2.24, 2.45) is 5.10 Å². The van der Waals surface area contributed by atoms with Gasteiger partial charge in [0.15, 0.2) is 0 Å². The lowest BCUT2D eigenvalue weighted by Gasteiger charge is -2.23. The minimum atomic E-state index is -0.477. The van der Waals surface area contributed by atoms with Crippen LogP contribution >= 0.6 is 0 Å². The molecule has 2 aromatic carbocycles. The predicted molar refractivity (Wildman–Crippen MR) is 105 cm³/mol. The molecular weight excluding hydrogens is 377 g/mol. The Hall–Kier alpha value is -3.55. The maximum atomic E-state index is 13.0. The van der Waals surface area contributed by atoms with Crippen LogP contribution in [0.2, 0.25) is 0 Å². The Morgan fingerprint density at radius 1 is 1.17 bits per heavy atom. The lowest BCUT2D eigenvalue weighted by atomic mass is 10.1. The molecular formula is C21H20FN3O4. The van der Waals surface area contributed by atoms with Crippen LogP contribution < -0.4 is 5.32 Å². The summed E-state index contributed by atoms with van der Waals surface area (Å²) >= 11 is 0. The van der Waals surface area contributed by atoms with Gasteiger partial charge in [0, 0.05) is 18.5 Å². The highest BCUT2D eigenvalue weighted by molar-refractivity contribution is 6.43. The second kappa shape index (κ2) is 9.09. The van der Waals surface area contributed by atoms with Crippen molar-refractivity contribution >= 4 is 29.2 Å². The van der Waals surface area contributed by atoms with E-state index in [1.807, 2.05) is 0 Å². The molecule has 0 unspecified atom stereocenters. The van der Waals surface area contributed by atoms with Crippen LogP contribution in [0.5, 0.6) is 0 Å². The van der Waals surface area contributed by atoms with E-state index in [0.717, 1.165) is 0 Å². The van der Waals surface area contributed by atoms with Crippen LogP contribution in [0.3, 0.4) is 0 Å². The van der Waals surface area contributed by atoms with Crippen molar-refractivity contribution in [3.8, 4) is 0 Å². The van der Waals surface area contributed by atoms with E-state index < -0.39 is 11.9 Å². The van der Waals surface area contributed by atoms with Crippen LogP contribution in [0.4, 0.5) is 10.1 Å². The zero-order chi connectivity index (χ0) is 20.8. The number of halogens is 1. The van der Waals surface area contributed by atoms with Crippen LogP contribution in [0.1, 0.15) is 35.7 Å². The summed E-state index contributed by atoms with van der Waals surface area (Å²) in [5, 5.41) is 8.07. The van der Waals surface area contributed by atoms with Crippen molar-refractivity contribution in [1.82, 2.24) is 5.01 Å². The molecule has 1 aliphatic heterocycles. The van der Waals surface area contributed by atoms with Crippen LogP contribution in [0.25, 0.3) is 0 Å². The molecule has 29 heavy (non-hydrogen) atoms. The van der Waals surface area contributed by atoms with E-state index in [4.69, 9.17) is 4.74 Å². The van der Waals surface area contributed by atoms with E-state index >= 15 is 0 Å². The Bertz CT molecular complexity index is 957. The van der Waals surface area contributed by atoms with Gasteiger partial charge in [-0.2, -0.15) is 5.10 Å². The Kier molecular flexibility index (Phi) is 6.33. The number of carbonyl (C=O) groups is 3. The average molecular weight is 397 g/mol. The number of hydrazone groups is 1. The summed E-state index contributed by atoms with van der Waals surface area (Å²) in [6.07, 6.45) is 0.360. The fourth-order valence-corrected chi connectivity index (χ4v) is 2.79. The van der Waals surface area contributed by atoms with Gasteiger partial charge in [-0.15, -0.1) is 0 Å². The predicted octanol–water partition coefficient (Wildman–Crippen LogP) is 3.12. The third-order valence-electron chi connectivity index (χ3n) is 4.24. The molecule has 2 aromatic rings. The molecule has 1 aliphatic rings. The number of nitrogens with zero attached hydrogens (tertiary/aromatic N) is 2. The number of esters is 1. The number of hydrogen-bond donors (Lipinski definition) is 1. The van der Waals surface area contributed by atoms with E-state index in [1.165, 1.54) is 23.2 Å². The summed E-state index contributed by atoms with van der Waals surface area (Å²) in [6, 6.07) is 12.1. The van der Waals surface area contributed by atoms with Gasteiger partial charge >= 0.3 is 5.97 Å². The molecule has 1 N–H and O–H groups in total. The molecule has 0 saturated carbocycles. The zero-order valence-corrected chi connectivity index (χ0v) is 15.9. The number of nitrogens with one attached hydrogen (secondary N) is 1. The molecule has 0 radical (unpaired) electrons. The summed E-state index contributed by atoms with van der Waals surface area (Å²) in [6.45, 7) is 2.11. The summed E-state index contributed by atoms with van der Waals surface area (Å²) in [5.41, 5.74) is 1.65. The number of carbonyl (C=O) groups excluding carboxylic acids is 3. The minimum absolute atomic E-state index is 0.147. The van der Waals surface area contributed by atoms with Crippen molar-refractivity contribution in [1.29, 1.82) is 0 Å². The molecule has 0 atom stereocenters. The van der Waals surface area contributed by atoms with Gasteiger partial charge < -0.3 is 10.1 Å². The number of amides is 2. The number of anilines is 1. The maximum Gasteiger partial charge on any atom is 0.338 e. The average Bonchev–Trinajstić information content (AvgIpc) is 2.71. The number of ether oxygens (including phenoxy) is 1. The van der Waals surface area contributed by atoms with E-state index in [1.54, 1.807) is 37.3 Å². The van der Waals surface area contributed by atoms with Crippen LogP contribution in [0, 0.1) is 5.82 Å². The highest BCUT2D eigenvalue weighted by Gasteiger charge is 2.24. The van der Waals surface area contributed by atoms with Crippen molar-refractivity contribution in [2.75, 3.05) is 11.9 Å². The first-order valence-corrected chi connectivity index (χ1v) is 9.17. The van der Waals surface area contributed by atoms with E-state index in [0.29, 0.717) is 16.8 Å². The SMILES string of the molecule is CCOC(=O)c1cccc(NC(=O)C2=NN(Cc3ccc(F)cc3)C(=O)CC2)c1. The van der Waals surface area contributed by atoms with Crippen molar-refractivity contribution in [3.63, 3.8) is 0 Å². The smallest absolute Gasteiger partial charge is 0.338 e. The minimum Gasteiger partial charge on any atom is -0.462 e. The lowest BCUT2D eigenvalue weighted by Crippen LogP contribution is -2.36. The second-order valence-corrected chi connectivity index (χ2v) is 6.38. The summed E-state index contributed by atoms with van der Waals surface area (Å²) in [7, 11) is 0. The molecule has 0 aliphatic carbocycles. The van der Waals surface area contributed by atoms with Gasteiger partial charge in [0.2, 0.25) is 5.91 Å². The monoisotopic (exact) mass is 397 g/mol. The van der Waals surface area contributed by atoms with Gasteiger partial charge in [0.25, 0.3) is 5.91 Å². The topological polar surface area (TPSA) is 88.1 Å². The zero-order valence-electron chi connectivity index (χ0n) is 15.9. The van der Waals surface area contributed by atoms with Gasteiger partial charge in [-0.05, 0) is 42.8 Å². The molecule has 8 heteroatoms. The molecule has 1 heterocycles. The van der Waals surface area contributed by atoms with Gasteiger partial charge in [-0.1, -0.05) is 18.2 Å². The van der Waals surface area contributed by atoms with Gasteiger partial charge in [-0.25, -0.2) is 14.2 Å². The van der Waals surface area contributed by atoms with E-state index in [2.05, 4.69) is 10.4 Å². The largest absolute Gasteiger partial charge is 0.462 e. The molecule has 0 spiro atoms. The van der Waals surface area contributed by atoms with Crippen molar-refractivity contribution in [2.45, 2.75) is 26.3 Å². The third-order valence-corrected chi connectivity index (χ3v) is 4.24. The number of benzene rings is 2. The van der Waals surface area contributed by atoms with Crippen LogP contribution in [0.15, 0.2) is 53.6 Å². The Balaban J connectivity index is 1.71. The van der Waals surface area contributed by atoms with Crippen molar-refractivity contribution in [3.05, 3.63) is 65.5 Å². The van der Waals surface area contributed by atoms with Gasteiger partial charge in [0.1, 0.15) is 11.5 Å². The second-order valence-electron chi connectivity index (χ2n) is 6.38. The first kappa shape index (κ1) is 20.2. The third kappa shape index (κ3) is 5.25. The van der Waals surface area contributed by atoms with E-state index in [-0.39, 0.29) is 43.4 Å². The number of rotatable bonds is 6. The Morgan fingerprint density at radius 3 is 2.66 bits per heavy atom.